The van der Waals surface area contributed by atoms with Crippen LogP contribution in [0.2, 0.25) is 0 Å². The first kappa shape index (κ1) is 13.6. The lowest BCUT2D eigenvalue weighted by molar-refractivity contribution is 0.165. The van der Waals surface area contributed by atoms with E-state index in [1.54, 1.807) is 0 Å². The van der Waals surface area contributed by atoms with Gasteiger partial charge in [0, 0.05) is 0 Å². The summed E-state index contributed by atoms with van der Waals surface area (Å²) >= 11 is 0. The first-order valence-electron chi connectivity index (χ1n) is 8.69. The van der Waals surface area contributed by atoms with E-state index in [1.165, 1.54) is 31.2 Å². The molecule has 6 unspecified atom stereocenters. The van der Waals surface area contributed by atoms with E-state index in [0.717, 1.165) is 36.0 Å². The summed E-state index contributed by atoms with van der Waals surface area (Å²) in [4.78, 5) is 0. The minimum Gasteiger partial charge on any atom is -0.462 e. The third-order valence-electron chi connectivity index (χ3n) is 6.18. The van der Waals surface area contributed by atoms with E-state index in [2.05, 4.69) is 38.1 Å². The highest BCUT2D eigenvalue weighted by molar-refractivity contribution is 5.38. The number of hydrogen-bond acceptors (Lipinski definition) is 2. The SMILES string of the molecule is CCC1C2CC(c3ccccc3OC3CO3)C(C2)C1CC. The molecule has 1 aromatic carbocycles. The minimum atomic E-state index is 0.00935. The average Bonchev–Trinajstić information content (AvgIpc) is 3.13. The molecule has 1 saturated heterocycles. The molecule has 1 aliphatic heterocycles. The average molecular weight is 286 g/mol. The normalized spacial score (nSPS) is 40.5. The van der Waals surface area contributed by atoms with Crippen LogP contribution in [-0.4, -0.2) is 12.9 Å². The zero-order valence-corrected chi connectivity index (χ0v) is 13.1. The van der Waals surface area contributed by atoms with Crippen LogP contribution in [-0.2, 0) is 4.74 Å². The van der Waals surface area contributed by atoms with Gasteiger partial charge in [-0.3, -0.25) is 0 Å². The number of rotatable bonds is 5. The van der Waals surface area contributed by atoms with Gasteiger partial charge in [0.1, 0.15) is 12.4 Å². The van der Waals surface area contributed by atoms with Crippen LogP contribution in [0.15, 0.2) is 24.3 Å². The highest BCUT2D eigenvalue weighted by Crippen LogP contribution is 2.61. The first-order valence-corrected chi connectivity index (χ1v) is 8.69. The van der Waals surface area contributed by atoms with Crippen molar-refractivity contribution in [2.24, 2.45) is 23.7 Å². The van der Waals surface area contributed by atoms with Crippen LogP contribution >= 0.6 is 0 Å². The lowest BCUT2D eigenvalue weighted by Crippen LogP contribution is -2.26. The zero-order valence-electron chi connectivity index (χ0n) is 13.1. The minimum absolute atomic E-state index is 0.00935. The summed E-state index contributed by atoms with van der Waals surface area (Å²) in [5.74, 6) is 5.48. The monoisotopic (exact) mass is 286 g/mol. The second-order valence-corrected chi connectivity index (χ2v) is 7.06. The van der Waals surface area contributed by atoms with Crippen LogP contribution in [0.4, 0.5) is 0 Å². The van der Waals surface area contributed by atoms with E-state index < -0.39 is 0 Å². The summed E-state index contributed by atoms with van der Waals surface area (Å²) < 4.78 is 11.2. The number of ether oxygens (including phenoxy) is 2. The fraction of sp³-hybridized carbons (Fsp3) is 0.684. The van der Waals surface area contributed by atoms with Crippen molar-refractivity contribution in [1.29, 1.82) is 0 Å². The van der Waals surface area contributed by atoms with Gasteiger partial charge in [-0.15, -0.1) is 0 Å². The summed E-state index contributed by atoms with van der Waals surface area (Å²) in [6.45, 7) is 5.51. The van der Waals surface area contributed by atoms with Crippen LogP contribution in [0.1, 0.15) is 51.0 Å². The van der Waals surface area contributed by atoms with Crippen molar-refractivity contribution in [1.82, 2.24) is 0 Å². The van der Waals surface area contributed by atoms with Gasteiger partial charge in [0.2, 0.25) is 6.29 Å². The van der Waals surface area contributed by atoms with E-state index in [-0.39, 0.29) is 6.29 Å². The number of epoxide rings is 1. The van der Waals surface area contributed by atoms with E-state index in [1.807, 2.05) is 0 Å². The van der Waals surface area contributed by atoms with E-state index in [4.69, 9.17) is 9.47 Å². The molecular weight excluding hydrogens is 260 g/mol. The molecule has 2 bridgehead atoms. The Morgan fingerprint density at radius 3 is 2.57 bits per heavy atom. The third kappa shape index (κ3) is 2.28. The number of para-hydroxylation sites is 1. The van der Waals surface area contributed by atoms with Gasteiger partial charge < -0.3 is 9.47 Å². The summed E-state index contributed by atoms with van der Waals surface area (Å²) in [7, 11) is 0. The summed E-state index contributed by atoms with van der Waals surface area (Å²) in [6, 6.07) is 8.67. The first-order chi connectivity index (χ1) is 10.3. The smallest absolute Gasteiger partial charge is 0.223 e. The van der Waals surface area contributed by atoms with Gasteiger partial charge in [-0.25, -0.2) is 0 Å². The molecule has 0 N–H and O–H groups in total. The highest BCUT2D eigenvalue weighted by atomic mass is 16.8. The standard InChI is InChI=1S/C19H26O2/c1-3-13-12-9-16(14(13)4-2)17(10-12)15-7-5-6-8-18(15)21-19-11-20-19/h5-8,12-14,16-17,19H,3-4,9-11H2,1-2H3. The van der Waals surface area contributed by atoms with Crippen LogP contribution < -0.4 is 4.74 Å². The van der Waals surface area contributed by atoms with Crippen molar-refractivity contribution in [3.05, 3.63) is 29.8 Å². The maximum atomic E-state index is 5.98. The Morgan fingerprint density at radius 1 is 1.10 bits per heavy atom. The Balaban J connectivity index is 1.60. The van der Waals surface area contributed by atoms with Gasteiger partial charge in [-0.2, -0.15) is 0 Å². The van der Waals surface area contributed by atoms with Gasteiger partial charge in [0.15, 0.2) is 0 Å². The predicted molar refractivity (Wildman–Crippen MR) is 83.3 cm³/mol. The van der Waals surface area contributed by atoms with Gasteiger partial charge >= 0.3 is 0 Å². The van der Waals surface area contributed by atoms with E-state index in [9.17, 15) is 0 Å². The number of benzene rings is 1. The fourth-order valence-corrected chi connectivity index (χ4v) is 5.34. The molecule has 0 aromatic heterocycles. The molecular formula is C19H26O2. The molecule has 6 atom stereocenters. The van der Waals surface area contributed by atoms with Crippen molar-refractivity contribution in [3.8, 4) is 5.75 Å². The van der Waals surface area contributed by atoms with Crippen molar-refractivity contribution in [2.45, 2.75) is 51.7 Å². The number of fused-ring (bicyclic) bond motifs is 2. The molecule has 21 heavy (non-hydrogen) atoms. The van der Waals surface area contributed by atoms with Crippen LogP contribution in [0, 0.1) is 23.7 Å². The number of hydrogen-bond donors (Lipinski definition) is 0. The maximum absolute atomic E-state index is 5.98. The molecule has 2 aliphatic carbocycles. The quantitative estimate of drug-likeness (QED) is 0.738. The van der Waals surface area contributed by atoms with Crippen molar-refractivity contribution in [2.75, 3.05) is 6.61 Å². The van der Waals surface area contributed by atoms with Crippen LogP contribution in [0.5, 0.6) is 5.75 Å². The summed E-state index contributed by atoms with van der Waals surface area (Å²) in [6.07, 6.45) is 5.52. The molecule has 3 fully saturated rings. The molecule has 0 spiro atoms. The molecule has 2 saturated carbocycles. The maximum Gasteiger partial charge on any atom is 0.223 e. The van der Waals surface area contributed by atoms with Crippen LogP contribution in [0.3, 0.4) is 0 Å². The molecule has 2 heteroatoms. The molecule has 0 radical (unpaired) electrons. The van der Waals surface area contributed by atoms with Gasteiger partial charge in [0.05, 0.1) is 0 Å². The molecule has 114 valence electrons. The Labute approximate surface area is 127 Å². The molecule has 1 aromatic rings. The van der Waals surface area contributed by atoms with Gasteiger partial charge in [-0.1, -0.05) is 44.9 Å². The Bertz CT molecular complexity index is 508. The second kappa shape index (κ2) is 5.31. The largest absolute Gasteiger partial charge is 0.462 e. The van der Waals surface area contributed by atoms with Gasteiger partial charge in [0.25, 0.3) is 0 Å². The summed E-state index contributed by atoms with van der Waals surface area (Å²) in [5.41, 5.74) is 1.44. The predicted octanol–water partition coefficient (Wildman–Crippen LogP) is 4.60. The van der Waals surface area contributed by atoms with Crippen molar-refractivity contribution in [3.63, 3.8) is 0 Å². The fourth-order valence-electron chi connectivity index (χ4n) is 5.34. The van der Waals surface area contributed by atoms with Crippen LogP contribution in [0.25, 0.3) is 0 Å². The second-order valence-electron chi connectivity index (χ2n) is 7.06. The Morgan fingerprint density at radius 2 is 1.86 bits per heavy atom. The topological polar surface area (TPSA) is 21.8 Å². The Hall–Kier alpha value is -1.02. The lowest BCUT2D eigenvalue weighted by atomic mass is 9.70. The molecule has 1 heterocycles. The zero-order chi connectivity index (χ0) is 14.4. The van der Waals surface area contributed by atoms with Crippen molar-refractivity contribution < 1.29 is 9.47 Å². The molecule has 4 rings (SSSR count). The molecule has 0 amide bonds. The highest BCUT2D eigenvalue weighted by Gasteiger charge is 2.51. The molecule has 3 aliphatic rings. The van der Waals surface area contributed by atoms with E-state index >= 15 is 0 Å². The summed E-state index contributed by atoms with van der Waals surface area (Å²) in [5, 5.41) is 0. The Kier molecular flexibility index (Phi) is 3.45. The lowest BCUT2D eigenvalue weighted by Gasteiger charge is -2.35. The molecule has 2 nitrogen and oxygen atoms in total. The van der Waals surface area contributed by atoms with Crippen molar-refractivity contribution >= 4 is 0 Å². The van der Waals surface area contributed by atoms with Gasteiger partial charge in [-0.05, 0) is 54.1 Å². The third-order valence-corrected chi connectivity index (χ3v) is 6.18. The van der Waals surface area contributed by atoms with E-state index in [0.29, 0.717) is 5.92 Å².